The van der Waals surface area contributed by atoms with E-state index in [4.69, 9.17) is 0 Å². The third-order valence-electron chi connectivity index (χ3n) is 3.38. The molecule has 0 radical (unpaired) electrons. The van der Waals surface area contributed by atoms with Gasteiger partial charge < -0.3 is 15.5 Å². The molecule has 1 amide bonds. The van der Waals surface area contributed by atoms with Gasteiger partial charge in [0.05, 0.1) is 0 Å². The zero-order valence-electron chi connectivity index (χ0n) is 11.1. The summed E-state index contributed by atoms with van der Waals surface area (Å²) in [7, 11) is 3.85. The molecule has 2 N–H and O–H groups in total. The van der Waals surface area contributed by atoms with Crippen molar-refractivity contribution in [2.24, 2.45) is 0 Å². The van der Waals surface area contributed by atoms with E-state index in [1.54, 1.807) is 0 Å². The van der Waals surface area contributed by atoms with E-state index in [-0.39, 0.29) is 5.91 Å². The van der Waals surface area contributed by atoms with Crippen molar-refractivity contribution in [1.29, 1.82) is 0 Å². The SMILES string of the molecule is CNCCCN1C(=O)CCc2cc(NC)ccc21. The molecule has 98 valence electrons. The highest BCUT2D eigenvalue weighted by Crippen LogP contribution is 2.30. The Morgan fingerprint density at radius 2 is 2.11 bits per heavy atom. The third-order valence-corrected chi connectivity index (χ3v) is 3.38. The zero-order valence-corrected chi connectivity index (χ0v) is 11.1. The molecule has 0 aliphatic carbocycles. The lowest BCUT2D eigenvalue weighted by Crippen LogP contribution is -2.36. The van der Waals surface area contributed by atoms with E-state index in [1.807, 2.05) is 25.1 Å². The van der Waals surface area contributed by atoms with Crippen LogP contribution in [-0.4, -0.2) is 33.1 Å². The fourth-order valence-corrected chi connectivity index (χ4v) is 2.37. The van der Waals surface area contributed by atoms with E-state index in [0.717, 1.165) is 37.3 Å². The summed E-state index contributed by atoms with van der Waals surface area (Å²) in [6.45, 7) is 1.74. The van der Waals surface area contributed by atoms with Crippen LogP contribution < -0.4 is 15.5 Å². The summed E-state index contributed by atoms with van der Waals surface area (Å²) < 4.78 is 0. The lowest BCUT2D eigenvalue weighted by Gasteiger charge is -2.30. The average molecular weight is 247 g/mol. The quantitative estimate of drug-likeness (QED) is 0.777. The molecule has 0 saturated heterocycles. The topological polar surface area (TPSA) is 44.4 Å². The summed E-state index contributed by atoms with van der Waals surface area (Å²) in [5.41, 5.74) is 3.46. The van der Waals surface area contributed by atoms with Crippen molar-refractivity contribution in [3.8, 4) is 0 Å². The van der Waals surface area contributed by atoms with Crippen molar-refractivity contribution in [2.75, 3.05) is 37.4 Å². The molecule has 18 heavy (non-hydrogen) atoms. The van der Waals surface area contributed by atoms with Crippen LogP contribution in [0.25, 0.3) is 0 Å². The third kappa shape index (κ3) is 2.64. The number of carbonyl (C=O) groups excluding carboxylic acids is 1. The van der Waals surface area contributed by atoms with Crippen molar-refractivity contribution in [1.82, 2.24) is 5.32 Å². The molecule has 1 aromatic rings. The molecule has 0 atom stereocenters. The Hall–Kier alpha value is -1.55. The average Bonchev–Trinajstić information content (AvgIpc) is 2.41. The summed E-state index contributed by atoms with van der Waals surface area (Å²) in [5, 5.41) is 6.26. The van der Waals surface area contributed by atoms with Crippen LogP contribution in [0.3, 0.4) is 0 Å². The number of carbonyl (C=O) groups is 1. The van der Waals surface area contributed by atoms with Gasteiger partial charge in [-0.25, -0.2) is 0 Å². The number of anilines is 2. The Bertz CT molecular complexity index is 431. The highest BCUT2D eigenvalue weighted by Gasteiger charge is 2.23. The number of aryl methyl sites for hydroxylation is 1. The van der Waals surface area contributed by atoms with Crippen LogP contribution in [0.4, 0.5) is 11.4 Å². The minimum Gasteiger partial charge on any atom is -0.388 e. The van der Waals surface area contributed by atoms with Crippen LogP contribution in [-0.2, 0) is 11.2 Å². The predicted octanol–water partition coefficient (Wildman–Crippen LogP) is 1.62. The molecule has 4 heteroatoms. The van der Waals surface area contributed by atoms with Gasteiger partial charge in [-0.05, 0) is 50.2 Å². The number of hydrogen-bond donors (Lipinski definition) is 2. The lowest BCUT2D eigenvalue weighted by molar-refractivity contribution is -0.118. The maximum atomic E-state index is 12.0. The first kappa shape index (κ1) is 12.9. The molecule has 1 heterocycles. The maximum absolute atomic E-state index is 12.0. The van der Waals surface area contributed by atoms with E-state index in [1.165, 1.54) is 5.56 Å². The van der Waals surface area contributed by atoms with Gasteiger partial charge in [0.15, 0.2) is 0 Å². The molecule has 0 saturated carbocycles. The fraction of sp³-hybridized carbons (Fsp3) is 0.500. The highest BCUT2D eigenvalue weighted by atomic mass is 16.2. The van der Waals surface area contributed by atoms with Crippen molar-refractivity contribution in [3.05, 3.63) is 23.8 Å². The second kappa shape index (κ2) is 5.87. The second-order valence-corrected chi connectivity index (χ2v) is 4.60. The Morgan fingerprint density at radius 3 is 2.83 bits per heavy atom. The summed E-state index contributed by atoms with van der Waals surface area (Å²) in [6, 6.07) is 6.23. The number of benzene rings is 1. The van der Waals surface area contributed by atoms with Gasteiger partial charge in [-0.3, -0.25) is 4.79 Å². The first-order valence-electron chi connectivity index (χ1n) is 6.52. The number of hydrogen-bond acceptors (Lipinski definition) is 3. The monoisotopic (exact) mass is 247 g/mol. The van der Waals surface area contributed by atoms with Gasteiger partial charge in [0, 0.05) is 31.4 Å². The number of fused-ring (bicyclic) bond motifs is 1. The van der Waals surface area contributed by atoms with E-state index in [0.29, 0.717) is 6.42 Å². The zero-order chi connectivity index (χ0) is 13.0. The summed E-state index contributed by atoms with van der Waals surface area (Å²) in [4.78, 5) is 13.9. The largest absolute Gasteiger partial charge is 0.388 e. The molecule has 0 aromatic heterocycles. The fourth-order valence-electron chi connectivity index (χ4n) is 2.37. The number of rotatable bonds is 5. The smallest absolute Gasteiger partial charge is 0.227 e. The van der Waals surface area contributed by atoms with Gasteiger partial charge in [-0.2, -0.15) is 0 Å². The van der Waals surface area contributed by atoms with E-state index in [9.17, 15) is 4.79 Å². The Kier molecular flexibility index (Phi) is 4.20. The molecule has 1 aromatic carbocycles. The van der Waals surface area contributed by atoms with Crippen LogP contribution in [0.2, 0.25) is 0 Å². The highest BCUT2D eigenvalue weighted by molar-refractivity contribution is 5.96. The normalized spacial score (nSPS) is 14.6. The first-order valence-corrected chi connectivity index (χ1v) is 6.52. The van der Waals surface area contributed by atoms with Crippen LogP contribution in [0, 0.1) is 0 Å². The van der Waals surface area contributed by atoms with Crippen molar-refractivity contribution < 1.29 is 4.79 Å². The summed E-state index contributed by atoms with van der Waals surface area (Å²) in [6.07, 6.45) is 2.46. The molecule has 1 aliphatic rings. The first-order chi connectivity index (χ1) is 8.76. The molecular weight excluding hydrogens is 226 g/mol. The van der Waals surface area contributed by atoms with Crippen LogP contribution in [0.15, 0.2) is 18.2 Å². The van der Waals surface area contributed by atoms with Crippen molar-refractivity contribution in [3.63, 3.8) is 0 Å². The van der Waals surface area contributed by atoms with Crippen molar-refractivity contribution >= 4 is 17.3 Å². The Balaban J connectivity index is 2.18. The van der Waals surface area contributed by atoms with Gasteiger partial charge in [0.2, 0.25) is 5.91 Å². The number of nitrogens with zero attached hydrogens (tertiary/aromatic N) is 1. The molecule has 0 bridgehead atoms. The minimum atomic E-state index is 0.246. The molecule has 0 fully saturated rings. The molecule has 0 spiro atoms. The van der Waals surface area contributed by atoms with Crippen molar-refractivity contribution in [2.45, 2.75) is 19.3 Å². The number of amides is 1. The van der Waals surface area contributed by atoms with Gasteiger partial charge in [0.1, 0.15) is 0 Å². The Morgan fingerprint density at radius 1 is 1.28 bits per heavy atom. The summed E-state index contributed by atoms with van der Waals surface area (Å²) in [5.74, 6) is 0.246. The lowest BCUT2D eigenvalue weighted by atomic mass is 10.00. The number of nitrogens with one attached hydrogen (secondary N) is 2. The van der Waals surface area contributed by atoms with Gasteiger partial charge in [-0.15, -0.1) is 0 Å². The Labute approximate surface area is 108 Å². The van der Waals surface area contributed by atoms with E-state index in [2.05, 4.69) is 22.8 Å². The standard InChI is InChI=1S/C14H21N3O/c1-15-8-3-9-17-13-6-5-12(16-2)10-11(13)4-7-14(17)18/h5-6,10,15-16H,3-4,7-9H2,1-2H3. The molecule has 2 rings (SSSR count). The minimum absolute atomic E-state index is 0.246. The van der Waals surface area contributed by atoms with Gasteiger partial charge in [0.25, 0.3) is 0 Å². The van der Waals surface area contributed by atoms with Crippen LogP contribution in [0.1, 0.15) is 18.4 Å². The molecule has 4 nitrogen and oxygen atoms in total. The molecule has 1 aliphatic heterocycles. The van der Waals surface area contributed by atoms with E-state index < -0.39 is 0 Å². The van der Waals surface area contributed by atoms with Gasteiger partial charge in [-0.1, -0.05) is 0 Å². The molecule has 0 unspecified atom stereocenters. The van der Waals surface area contributed by atoms with Crippen LogP contribution in [0.5, 0.6) is 0 Å². The predicted molar refractivity (Wildman–Crippen MR) is 75.2 cm³/mol. The van der Waals surface area contributed by atoms with E-state index >= 15 is 0 Å². The summed E-state index contributed by atoms with van der Waals surface area (Å²) >= 11 is 0. The molecular formula is C14H21N3O. The maximum Gasteiger partial charge on any atom is 0.227 e. The second-order valence-electron chi connectivity index (χ2n) is 4.60. The van der Waals surface area contributed by atoms with Gasteiger partial charge >= 0.3 is 0 Å². The van der Waals surface area contributed by atoms with Crippen LogP contribution >= 0.6 is 0 Å².